The van der Waals surface area contributed by atoms with Crippen molar-refractivity contribution in [3.8, 4) is 5.75 Å². The van der Waals surface area contributed by atoms with Gasteiger partial charge in [-0.25, -0.2) is 0 Å². The standard InChI is InChI=1S/C15H20N2O3/c1-12(16-19)13-7-3-4-8-14(13)20-11-15(18)17-9-5-2-6-10-17/h3-4,7-8,19H,2,5-6,9-11H2,1H3/b16-12+. The van der Waals surface area contributed by atoms with Crippen molar-refractivity contribution in [2.24, 2.45) is 5.16 Å². The summed E-state index contributed by atoms with van der Waals surface area (Å²) in [5.41, 5.74) is 1.16. The topological polar surface area (TPSA) is 62.1 Å². The van der Waals surface area contributed by atoms with Gasteiger partial charge in [-0.2, -0.15) is 0 Å². The number of oxime groups is 1. The fourth-order valence-corrected chi connectivity index (χ4v) is 2.32. The molecule has 1 aliphatic heterocycles. The molecule has 1 aliphatic rings. The fourth-order valence-electron chi connectivity index (χ4n) is 2.32. The third-order valence-corrected chi connectivity index (χ3v) is 3.49. The lowest BCUT2D eigenvalue weighted by atomic mass is 10.1. The number of hydrogen-bond donors (Lipinski definition) is 1. The summed E-state index contributed by atoms with van der Waals surface area (Å²) >= 11 is 0. The minimum absolute atomic E-state index is 0.0121. The van der Waals surface area contributed by atoms with E-state index in [-0.39, 0.29) is 12.5 Å². The molecule has 0 spiro atoms. The molecule has 1 saturated heterocycles. The molecule has 5 nitrogen and oxygen atoms in total. The fraction of sp³-hybridized carbons (Fsp3) is 0.467. The summed E-state index contributed by atoms with van der Waals surface area (Å²) in [4.78, 5) is 13.9. The number of rotatable bonds is 4. The Balaban J connectivity index is 1.98. The predicted octanol–water partition coefficient (Wildman–Crippen LogP) is 2.28. The van der Waals surface area contributed by atoms with E-state index in [0.29, 0.717) is 17.0 Å². The molecule has 0 bridgehead atoms. The van der Waals surface area contributed by atoms with Crippen molar-refractivity contribution in [1.29, 1.82) is 0 Å². The molecule has 0 radical (unpaired) electrons. The molecule has 5 heteroatoms. The zero-order chi connectivity index (χ0) is 14.4. The Bertz CT molecular complexity index is 494. The Morgan fingerprint density at radius 1 is 1.30 bits per heavy atom. The van der Waals surface area contributed by atoms with Crippen LogP contribution in [0, 0.1) is 0 Å². The van der Waals surface area contributed by atoms with E-state index in [0.717, 1.165) is 25.9 Å². The number of hydrogen-bond acceptors (Lipinski definition) is 4. The average Bonchev–Trinajstić information content (AvgIpc) is 2.53. The van der Waals surface area contributed by atoms with Crippen LogP contribution in [0.25, 0.3) is 0 Å². The lowest BCUT2D eigenvalue weighted by molar-refractivity contribution is -0.134. The van der Waals surface area contributed by atoms with E-state index in [9.17, 15) is 4.79 Å². The van der Waals surface area contributed by atoms with Crippen LogP contribution >= 0.6 is 0 Å². The van der Waals surface area contributed by atoms with E-state index in [4.69, 9.17) is 9.94 Å². The Hall–Kier alpha value is -2.04. The van der Waals surface area contributed by atoms with Gasteiger partial charge in [0.1, 0.15) is 5.75 Å². The third kappa shape index (κ3) is 3.50. The van der Waals surface area contributed by atoms with Crippen molar-refractivity contribution in [1.82, 2.24) is 4.90 Å². The molecule has 1 aromatic carbocycles. The van der Waals surface area contributed by atoms with Crippen LogP contribution in [0.15, 0.2) is 29.4 Å². The minimum Gasteiger partial charge on any atom is -0.483 e. The number of likely N-dealkylation sites (tertiary alicyclic amines) is 1. The molecule has 1 heterocycles. The van der Waals surface area contributed by atoms with Crippen LogP contribution in [0.1, 0.15) is 31.7 Å². The van der Waals surface area contributed by atoms with E-state index in [1.54, 1.807) is 19.1 Å². The van der Waals surface area contributed by atoms with Crippen molar-refractivity contribution in [3.63, 3.8) is 0 Å². The first-order valence-electron chi connectivity index (χ1n) is 6.91. The predicted molar refractivity (Wildman–Crippen MR) is 76.4 cm³/mol. The van der Waals surface area contributed by atoms with Gasteiger partial charge in [-0.15, -0.1) is 0 Å². The monoisotopic (exact) mass is 276 g/mol. The summed E-state index contributed by atoms with van der Waals surface area (Å²) in [6, 6.07) is 7.24. The maximum Gasteiger partial charge on any atom is 0.260 e. The number of carbonyl (C=O) groups is 1. The average molecular weight is 276 g/mol. The molecule has 2 rings (SSSR count). The van der Waals surface area contributed by atoms with Crippen molar-refractivity contribution in [3.05, 3.63) is 29.8 Å². The van der Waals surface area contributed by atoms with Crippen molar-refractivity contribution in [2.75, 3.05) is 19.7 Å². The van der Waals surface area contributed by atoms with Gasteiger partial charge in [-0.3, -0.25) is 4.79 Å². The first-order valence-corrected chi connectivity index (χ1v) is 6.91. The zero-order valence-corrected chi connectivity index (χ0v) is 11.7. The molecule has 108 valence electrons. The molecule has 0 aromatic heterocycles. The number of para-hydroxylation sites is 1. The Kier molecular flexibility index (Phi) is 4.98. The number of amides is 1. The SMILES string of the molecule is C/C(=N\O)c1ccccc1OCC(=O)N1CCCCC1. The molecule has 0 aliphatic carbocycles. The van der Waals surface area contributed by atoms with Crippen LogP contribution in [-0.4, -0.2) is 41.4 Å². The summed E-state index contributed by atoms with van der Waals surface area (Å²) < 4.78 is 5.59. The Morgan fingerprint density at radius 3 is 2.70 bits per heavy atom. The molecule has 1 fully saturated rings. The summed E-state index contributed by atoms with van der Waals surface area (Å²) in [6.45, 7) is 3.35. The molecule has 20 heavy (non-hydrogen) atoms. The van der Waals surface area contributed by atoms with E-state index >= 15 is 0 Å². The summed E-state index contributed by atoms with van der Waals surface area (Å²) in [5.74, 6) is 0.575. The van der Waals surface area contributed by atoms with Gasteiger partial charge >= 0.3 is 0 Å². The molecular formula is C15H20N2O3. The van der Waals surface area contributed by atoms with E-state index in [2.05, 4.69) is 5.16 Å². The van der Waals surface area contributed by atoms with Crippen LogP contribution in [0.3, 0.4) is 0 Å². The highest BCUT2D eigenvalue weighted by Crippen LogP contribution is 2.19. The number of carbonyl (C=O) groups excluding carboxylic acids is 1. The smallest absolute Gasteiger partial charge is 0.260 e. The maximum absolute atomic E-state index is 12.0. The summed E-state index contributed by atoms with van der Waals surface area (Å²) in [5, 5.41) is 12.0. The van der Waals surface area contributed by atoms with E-state index in [1.807, 2.05) is 17.0 Å². The molecule has 0 saturated carbocycles. The lowest BCUT2D eigenvalue weighted by Gasteiger charge is -2.26. The van der Waals surface area contributed by atoms with Crippen LogP contribution in [0.4, 0.5) is 0 Å². The highest BCUT2D eigenvalue weighted by molar-refractivity contribution is 6.00. The van der Waals surface area contributed by atoms with Gasteiger partial charge in [0.2, 0.25) is 0 Å². The lowest BCUT2D eigenvalue weighted by Crippen LogP contribution is -2.38. The zero-order valence-electron chi connectivity index (χ0n) is 11.7. The second kappa shape index (κ2) is 6.93. The van der Waals surface area contributed by atoms with Gasteiger partial charge in [0.05, 0.1) is 5.71 Å². The van der Waals surface area contributed by atoms with Gasteiger partial charge < -0.3 is 14.8 Å². The quantitative estimate of drug-likeness (QED) is 0.521. The number of benzene rings is 1. The second-order valence-electron chi connectivity index (χ2n) is 4.91. The largest absolute Gasteiger partial charge is 0.483 e. The highest BCUT2D eigenvalue weighted by Gasteiger charge is 2.17. The van der Waals surface area contributed by atoms with Crippen molar-refractivity contribution in [2.45, 2.75) is 26.2 Å². The van der Waals surface area contributed by atoms with Gasteiger partial charge in [-0.1, -0.05) is 17.3 Å². The number of piperidine rings is 1. The van der Waals surface area contributed by atoms with Gasteiger partial charge in [0, 0.05) is 18.7 Å². The summed E-state index contributed by atoms with van der Waals surface area (Å²) in [6.07, 6.45) is 3.33. The van der Waals surface area contributed by atoms with Crippen LogP contribution in [-0.2, 0) is 4.79 Å². The normalized spacial score (nSPS) is 16.1. The highest BCUT2D eigenvalue weighted by atomic mass is 16.5. The molecular weight excluding hydrogens is 256 g/mol. The van der Waals surface area contributed by atoms with Crippen molar-refractivity contribution >= 4 is 11.6 Å². The number of ether oxygens (including phenoxy) is 1. The van der Waals surface area contributed by atoms with E-state index in [1.165, 1.54) is 6.42 Å². The molecule has 1 aromatic rings. The van der Waals surface area contributed by atoms with Crippen LogP contribution in [0.2, 0.25) is 0 Å². The maximum atomic E-state index is 12.0. The number of nitrogens with zero attached hydrogens (tertiary/aromatic N) is 2. The summed E-state index contributed by atoms with van der Waals surface area (Å²) in [7, 11) is 0. The Morgan fingerprint density at radius 2 is 2.00 bits per heavy atom. The minimum atomic E-state index is 0.0121. The molecule has 1 N–H and O–H groups in total. The van der Waals surface area contributed by atoms with Crippen LogP contribution < -0.4 is 4.74 Å². The molecule has 0 unspecified atom stereocenters. The first kappa shape index (κ1) is 14.4. The molecule has 1 amide bonds. The second-order valence-corrected chi connectivity index (χ2v) is 4.91. The van der Waals surface area contributed by atoms with Gasteiger partial charge in [-0.05, 0) is 38.3 Å². The third-order valence-electron chi connectivity index (χ3n) is 3.49. The van der Waals surface area contributed by atoms with Gasteiger partial charge in [0.25, 0.3) is 5.91 Å². The van der Waals surface area contributed by atoms with E-state index < -0.39 is 0 Å². The van der Waals surface area contributed by atoms with Crippen LogP contribution in [0.5, 0.6) is 5.75 Å². The first-order chi connectivity index (χ1) is 9.72. The Labute approximate surface area is 118 Å². The van der Waals surface area contributed by atoms with Crippen molar-refractivity contribution < 1.29 is 14.7 Å². The van der Waals surface area contributed by atoms with Gasteiger partial charge in [0.15, 0.2) is 6.61 Å². The molecule has 0 atom stereocenters.